The number of hydrogen-bond donors (Lipinski definition) is 1. The summed E-state index contributed by atoms with van der Waals surface area (Å²) in [6, 6.07) is 15.6. The lowest BCUT2D eigenvalue weighted by Crippen LogP contribution is -1.78. The topological polar surface area (TPSA) is 20.2 Å². The van der Waals surface area contributed by atoms with Crippen molar-refractivity contribution in [2.24, 2.45) is 0 Å². The Bertz CT molecular complexity index is 478. The van der Waals surface area contributed by atoms with E-state index in [1.54, 1.807) is 12.1 Å². The van der Waals surface area contributed by atoms with Gasteiger partial charge in [0, 0.05) is 0 Å². The Hall–Kier alpha value is -2.02. The van der Waals surface area contributed by atoms with Gasteiger partial charge in [-0.15, -0.1) is 0 Å². The summed E-state index contributed by atoms with van der Waals surface area (Å²) in [7, 11) is 0. The van der Waals surface area contributed by atoms with Crippen LogP contribution in [-0.4, -0.2) is 5.11 Å². The van der Waals surface area contributed by atoms with Crippen LogP contribution in [0.15, 0.2) is 54.6 Å². The standard InChI is InChI=1S/C15H14O/c1-2-3-12-4-6-13(7-5-12)14-8-10-15(16)11-9-14/h2-11,16H,1H3. The first-order chi connectivity index (χ1) is 7.79. The van der Waals surface area contributed by atoms with E-state index in [4.69, 9.17) is 0 Å². The third kappa shape index (κ3) is 2.31. The number of benzene rings is 2. The van der Waals surface area contributed by atoms with E-state index in [0.29, 0.717) is 5.75 Å². The second kappa shape index (κ2) is 4.67. The maximum absolute atomic E-state index is 9.21. The zero-order valence-corrected chi connectivity index (χ0v) is 9.22. The minimum Gasteiger partial charge on any atom is -0.508 e. The van der Waals surface area contributed by atoms with E-state index in [9.17, 15) is 5.11 Å². The first kappa shape index (κ1) is 10.5. The highest BCUT2D eigenvalue weighted by atomic mass is 16.3. The summed E-state index contributed by atoms with van der Waals surface area (Å²) in [6.45, 7) is 2.01. The fourth-order valence-corrected chi connectivity index (χ4v) is 1.63. The smallest absolute Gasteiger partial charge is 0.115 e. The summed E-state index contributed by atoms with van der Waals surface area (Å²) in [6.07, 6.45) is 4.09. The first-order valence-corrected chi connectivity index (χ1v) is 5.32. The molecule has 1 N–H and O–H groups in total. The number of phenolic OH excluding ortho intramolecular Hbond substituents is 1. The van der Waals surface area contributed by atoms with Crippen LogP contribution >= 0.6 is 0 Å². The van der Waals surface area contributed by atoms with Crippen LogP contribution in [0.5, 0.6) is 5.75 Å². The highest BCUT2D eigenvalue weighted by Crippen LogP contribution is 2.22. The highest BCUT2D eigenvalue weighted by molar-refractivity contribution is 5.66. The van der Waals surface area contributed by atoms with Gasteiger partial charge in [-0.3, -0.25) is 0 Å². The lowest BCUT2D eigenvalue weighted by molar-refractivity contribution is 0.475. The summed E-state index contributed by atoms with van der Waals surface area (Å²) in [4.78, 5) is 0. The van der Waals surface area contributed by atoms with E-state index in [0.717, 1.165) is 11.1 Å². The van der Waals surface area contributed by atoms with Gasteiger partial charge in [0.15, 0.2) is 0 Å². The SMILES string of the molecule is CC=Cc1ccc(-c2ccc(O)cc2)cc1. The Morgan fingerprint density at radius 1 is 0.812 bits per heavy atom. The van der Waals surface area contributed by atoms with Crippen molar-refractivity contribution in [3.05, 3.63) is 60.2 Å². The van der Waals surface area contributed by atoms with Gasteiger partial charge in [0.25, 0.3) is 0 Å². The maximum Gasteiger partial charge on any atom is 0.115 e. The van der Waals surface area contributed by atoms with Gasteiger partial charge in [-0.25, -0.2) is 0 Å². The molecule has 0 aromatic heterocycles. The van der Waals surface area contributed by atoms with Crippen LogP contribution in [0.3, 0.4) is 0 Å². The maximum atomic E-state index is 9.21. The van der Waals surface area contributed by atoms with Crippen LogP contribution in [0.1, 0.15) is 12.5 Å². The summed E-state index contributed by atoms with van der Waals surface area (Å²) in [5.41, 5.74) is 3.48. The van der Waals surface area contributed by atoms with Gasteiger partial charge in [0.05, 0.1) is 0 Å². The van der Waals surface area contributed by atoms with Crippen LogP contribution < -0.4 is 0 Å². The molecule has 0 saturated heterocycles. The molecule has 0 aliphatic heterocycles. The molecule has 2 aromatic rings. The van der Waals surface area contributed by atoms with Gasteiger partial charge in [0.2, 0.25) is 0 Å². The largest absolute Gasteiger partial charge is 0.508 e. The molecule has 0 unspecified atom stereocenters. The molecular formula is C15H14O. The molecule has 0 amide bonds. The molecule has 16 heavy (non-hydrogen) atoms. The molecule has 0 saturated carbocycles. The van der Waals surface area contributed by atoms with E-state index in [2.05, 4.69) is 30.3 Å². The molecule has 0 radical (unpaired) electrons. The van der Waals surface area contributed by atoms with Crippen LogP contribution in [0.2, 0.25) is 0 Å². The van der Waals surface area contributed by atoms with E-state index in [-0.39, 0.29) is 0 Å². The molecule has 0 heterocycles. The third-order valence-electron chi connectivity index (χ3n) is 2.47. The molecule has 0 bridgehead atoms. The Balaban J connectivity index is 2.31. The minimum absolute atomic E-state index is 0.300. The normalized spacial score (nSPS) is 10.8. The Morgan fingerprint density at radius 2 is 1.31 bits per heavy atom. The van der Waals surface area contributed by atoms with Crippen LogP contribution in [0.4, 0.5) is 0 Å². The van der Waals surface area contributed by atoms with Gasteiger partial charge in [-0.2, -0.15) is 0 Å². The van der Waals surface area contributed by atoms with Crippen LogP contribution in [0, 0.1) is 0 Å². The van der Waals surface area contributed by atoms with Gasteiger partial charge in [-0.05, 0) is 35.7 Å². The lowest BCUT2D eigenvalue weighted by Gasteiger charge is -2.02. The Morgan fingerprint density at radius 3 is 1.81 bits per heavy atom. The summed E-state index contributed by atoms with van der Waals surface area (Å²) in [5.74, 6) is 0.300. The van der Waals surface area contributed by atoms with Crippen LogP contribution in [-0.2, 0) is 0 Å². The van der Waals surface area contributed by atoms with Gasteiger partial charge in [0.1, 0.15) is 5.75 Å². The molecule has 80 valence electrons. The average molecular weight is 210 g/mol. The number of allylic oxidation sites excluding steroid dienone is 1. The Kier molecular flexibility index (Phi) is 3.06. The molecular weight excluding hydrogens is 196 g/mol. The van der Waals surface area contributed by atoms with Crippen molar-refractivity contribution in [2.75, 3.05) is 0 Å². The first-order valence-electron chi connectivity index (χ1n) is 5.32. The number of aromatic hydroxyl groups is 1. The number of rotatable bonds is 2. The van der Waals surface area contributed by atoms with E-state index in [1.807, 2.05) is 25.1 Å². The third-order valence-corrected chi connectivity index (χ3v) is 2.47. The molecule has 0 fully saturated rings. The predicted octanol–water partition coefficient (Wildman–Crippen LogP) is 4.09. The highest BCUT2D eigenvalue weighted by Gasteiger charge is 1.96. The van der Waals surface area contributed by atoms with Crippen molar-refractivity contribution in [2.45, 2.75) is 6.92 Å². The van der Waals surface area contributed by atoms with Crippen molar-refractivity contribution in [1.82, 2.24) is 0 Å². The second-order valence-corrected chi connectivity index (χ2v) is 3.67. The molecule has 0 atom stereocenters. The average Bonchev–Trinajstić information content (AvgIpc) is 2.32. The molecule has 0 spiro atoms. The van der Waals surface area contributed by atoms with Crippen molar-refractivity contribution >= 4 is 6.08 Å². The summed E-state index contributed by atoms with van der Waals surface area (Å²) >= 11 is 0. The lowest BCUT2D eigenvalue weighted by atomic mass is 10.0. The van der Waals surface area contributed by atoms with Crippen molar-refractivity contribution in [3.8, 4) is 16.9 Å². The van der Waals surface area contributed by atoms with Gasteiger partial charge in [-0.1, -0.05) is 48.6 Å². The predicted molar refractivity (Wildman–Crippen MR) is 68.3 cm³/mol. The fourth-order valence-electron chi connectivity index (χ4n) is 1.63. The summed E-state index contributed by atoms with van der Waals surface area (Å²) in [5, 5.41) is 9.21. The van der Waals surface area contributed by atoms with E-state index in [1.165, 1.54) is 5.56 Å². The fraction of sp³-hybridized carbons (Fsp3) is 0.0667. The molecule has 0 aliphatic carbocycles. The zero-order chi connectivity index (χ0) is 11.4. The second-order valence-electron chi connectivity index (χ2n) is 3.67. The van der Waals surface area contributed by atoms with Crippen molar-refractivity contribution < 1.29 is 5.11 Å². The number of phenols is 1. The van der Waals surface area contributed by atoms with E-state index < -0.39 is 0 Å². The molecule has 2 aromatic carbocycles. The molecule has 0 aliphatic rings. The zero-order valence-electron chi connectivity index (χ0n) is 9.22. The number of hydrogen-bond acceptors (Lipinski definition) is 1. The quantitative estimate of drug-likeness (QED) is 0.791. The van der Waals surface area contributed by atoms with Crippen molar-refractivity contribution in [3.63, 3.8) is 0 Å². The Labute approximate surface area is 95.7 Å². The molecule has 2 rings (SSSR count). The van der Waals surface area contributed by atoms with Gasteiger partial charge >= 0.3 is 0 Å². The minimum atomic E-state index is 0.300. The van der Waals surface area contributed by atoms with Gasteiger partial charge < -0.3 is 5.11 Å². The van der Waals surface area contributed by atoms with Crippen molar-refractivity contribution in [1.29, 1.82) is 0 Å². The monoisotopic (exact) mass is 210 g/mol. The molecule has 1 heteroatoms. The van der Waals surface area contributed by atoms with Crippen LogP contribution in [0.25, 0.3) is 17.2 Å². The summed E-state index contributed by atoms with van der Waals surface area (Å²) < 4.78 is 0. The van der Waals surface area contributed by atoms with E-state index >= 15 is 0 Å². The molecule has 1 nitrogen and oxygen atoms in total.